The van der Waals surface area contributed by atoms with Gasteiger partial charge in [-0.05, 0) is 0 Å². The van der Waals surface area contributed by atoms with Crippen LogP contribution in [0.5, 0.6) is 0 Å². The van der Waals surface area contributed by atoms with E-state index in [1.165, 1.54) is 5.56 Å². The summed E-state index contributed by atoms with van der Waals surface area (Å²) in [4.78, 5) is 0. The van der Waals surface area contributed by atoms with Crippen molar-refractivity contribution in [2.75, 3.05) is 0 Å². The summed E-state index contributed by atoms with van der Waals surface area (Å²) in [7, 11) is 0. The zero-order valence-corrected chi connectivity index (χ0v) is 9.68. The number of amidine groups is 1. The van der Waals surface area contributed by atoms with Crippen molar-refractivity contribution >= 4 is 35.6 Å². The van der Waals surface area contributed by atoms with Gasteiger partial charge in [0.1, 0.15) is 0 Å². The Labute approximate surface area is 86.3 Å². The van der Waals surface area contributed by atoms with Crippen LogP contribution < -0.4 is 5.73 Å². The number of benzene rings is 1. The van der Waals surface area contributed by atoms with Crippen LogP contribution in [-0.2, 0) is 5.32 Å². The Morgan fingerprint density at radius 1 is 1.58 bits per heavy atom. The van der Waals surface area contributed by atoms with Crippen LogP contribution in [0.4, 0.5) is 0 Å². The van der Waals surface area contributed by atoms with Gasteiger partial charge in [0.2, 0.25) is 0 Å². The van der Waals surface area contributed by atoms with Gasteiger partial charge in [-0.1, -0.05) is 0 Å². The molecule has 0 unspecified atom stereocenters. The van der Waals surface area contributed by atoms with Crippen LogP contribution in [0.15, 0.2) is 28.7 Å². The van der Waals surface area contributed by atoms with Gasteiger partial charge in [-0.3, -0.25) is 0 Å². The predicted molar refractivity (Wildman–Crippen MR) is 55.5 cm³/mol. The van der Waals surface area contributed by atoms with Gasteiger partial charge in [0, 0.05) is 0 Å². The summed E-state index contributed by atoms with van der Waals surface area (Å²) in [5.41, 5.74) is 6.51. The van der Waals surface area contributed by atoms with E-state index in [4.69, 9.17) is 11.1 Å². The Morgan fingerprint density at radius 2 is 2.33 bits per heavy atom. The Kier molecular flexibility index (Phi) is 3.79. The van der Waals surface area contributed by atoms with Crippen molar-refractivity contribution in [3.05, 3.63) is 34.3 Å². The average molecular weight is 292 g/mol. The van der Waals surface area contributed by atoms with Crippen LogP contribution in [-0.4, -0.2) is 19.7 Å². The molecule has 0 bridgehead atoms. The summed E-state index contributed by atoms with van der Waals surface area (Å²) in [5, 5.41) is 8.00. The van der Waals surface area contributed by atoms with E-state index in [-0.39, 0.29) is 15.0 Å². The van der Waals surface area contributed by atoms with E-state index in [0.717, 1.165) is 9.79 Å². The molecule has 0 spiro atoms. The SMILES string of the molecule is N=C(N)[Se]Cc1cccc(Br)c1. The van der Waals surface area contributed by atoms with Crippen LogP contribution >= 0.6 is 15.9 Å². The maximum absolute atomic E-state index is 7.09. The van der Waals surface area contributed by atoms with Gasteiger partial charge in [-0.2, -0.15) is 0 Å². The third-order valence-electron chi connectivity index (χ3n) is 1.28. The Morgan fingerprint density at radius 3 is 2.92 bits per heavy atom. The second-order valence-electron chi connectivity index (χ2n) is 2.28. The molecule has 2 nitrogen and oxygen atoms in total. The van der Waals surface area contributed by atoms with E-state index in [9.17, 15) is 0 Å². The third-order valence-corrected chi connectivity index (χ3v) is 3.43. The zero-order chi connectivity index (χ0) is 8.97. The molecular weight excluding hydrogens is 283 g/mol. The molecule has 1 aromatic carbocycles. The molecule has 1 rings (SSSR count). The number of hydrogen-bond acceptors (Lipinski definition) is 1. The topological polar surface area (TPSA) is 49.9 Å². The minimum atomic E-state index is 0.112. The predicted octanol–water partition coefficient (Wildman–Crippen LogP) is 1.55. The van der Waals surface area contributed by atoms with Crippen LogP contribution in [0.25, 0.3) is 0 Å². The van der Waals surface area contributed by atoms with Gasteiger partial charge in [-0.15, -0.1) is 0 Å². The monoisotopic (exact) mass is 292 g/mol. The van der Waals surface area contributed by atoms with Crippen molar-refractivity contribution < 1.29 is 0 Å². The van der Waals surface area contributed by atoms with Crippen LogP contribution in [0.1, 0.15) is 5.56 Å². The Balaban J connectivity index is 2.57. The summed E-state index contributed by atoms with van der Waals surface area (Å²) in [6.45, 7) is 0. The normalized spacial score (nSPS) is 9.75. The number of halogens is 1. The van der Waals surface area contributed by atoms with Gasteiger partial charge < -0.3 is 0 Å². The standard InChI is InChI=1S/C8H9BrN2Se/c9-7-3-1-2-6(4-7)5-12-8(10)11/h1-4H,5H2,(H3,10,11). The molecule has 0 aliphatic rings. The molecule has 0 heterocycles. The number of rotatable bonds is 3. The second kappa shape index (κ2) is 4.65. The first-order valence-electron chi connectivity index (χ1n) is 3.40. The molecule has 0 amide bonds. The summed E-state index contributed by atoms with van der Waals surface area (Å²) >= 11 is 3.50. The van der Waals surface area contributed by atoms with E-state index in [2.05, 4.69) is 28.1 Å². The molecule has 0 fully saturated rings. The van der Waals surface area contributed by atoms with E-state index in [1.54, 1.807) is 0 Å². The summed E-state index contributed by atoms with van der Waals surface area (Å²) in [6.07, 6.45) is 0. The van der Waals surface area contributed by atoms with Gasteiger partial charge in [0.05, 0.1) is 0 Å². The molecule has 0 atom stereocenters. The van der Waals surface area contributed by atoms with Gasteiger partial charge in [0.25, 0.3) is 0 Å². The quantitative estimate of drug-likeness (QED) is 0.495. The van der Waals surface area contributed by atoms with Crippen molar-refractivity contribution in [2.24, 2.45) is 5.73 Å². The van der Waals surface area contributed by atoms with E-state index in [1.807, 2.05) is 12.1 Å². The molecule has 4 heteroatoms. The molecule has 1 aromatic rings. The van der Waals surface area contributed by atoms with Crippen LogP contribution in [0.2, 0.25) is 0 Å². The molecule has 0 radical (unpaired) electrons. The van der Waals surface area contributed by atoms with Crippen molar-refractivity contribution in [3.63, 3.8) is 0 Å². The average Bonchev–Trinajstić information content (AvgIpc) is 2.01. The first kappa shape index (κ1) is 9.78. The van der Waals surface area contributed by atoms with Crippen molar-refractivity contribution in [1.82, 2.24) is 0 Å². The molecule has 64 valence electrons. The fourth-order valence-electron chi connectivity index (χ4n) is 0.788. The van der Waals surface area contributed by atoms with Crippen molar-refractivity contribution in [1.29, 1.82) is 5.41 Å². The number of nitrogens with one attached hydrogen (secondary N) is 1. The van der Waals surface area contributed by atoms with Crippen molar-refractivity contribution in [3.8, 4) is 0 Å². The van der Waals surface area contributed by atoms with E-state index < -0.39 is 0 Å². The van der Waals surface area contributed by atoms with Gasteiger partial charge >= 0.3 is 86.4 Å². The van der Waals surface area contributed by atoms with Crippen LogP contribution in [0.3, 0.4) is 0 Å². The molecule has 3 N–H and O–H groups in total. The minimum absolute atomic E-state index is 0.112. The molecular formula is C8H9BrN2Se. The number of hydrogen-bond donors (Lipinski definition) is 2. The first-order chi connectivity index (χ1) is 5.68. The Bertz CT molecular complexity index is 288. The summed E-state index contributed by atoms with van der Waals surface area (Å²) < 4.78 is 1.39. The fraction of sp³-hybridized carbons (Fsp3) is 0.125. The third kappa shape index (κ3) is 3.39. The van der Waals surface area contributed by atoms with Crippen molar-refractivity contribution in [2.45, 2.75) is 5.32 Å². The Hall–Kier alpha value is -0.311. The fourth-order valence-corrected chi connectivity index (χ4v) is 2.29. The van der Waals surface area contributed by atoms with E-state index >= 15 is 0 Å². The number of nitrogens with two attached hydrogens (primary N) is 1. The summed E-state index contributed by atoms with van der Waals surface area (Å²) in [5.74, 6) is 0. The molecule has 0 saturated carbocycles. The second-order valence-corrected chi connectivity index (χ2v) is 5.33. The molecule has 0 aliphatic carbocycles. The van der Waals surface area contributed by atoms with Crippen LogP contribution in [0, 0.1) is 5.41 Å². The molecule has 0 aromatic heterocycles. The van der Waals surface area contributed by atoms with Gasteiger partial charge in [0.15, 0.2) is 0 Å². The molecule has 12 heavy (non-hydrogen) atoms. The molecule has 0 saturated heterocycles. The molecule has 0 aliphatic heterocycles. The zero-order valence-electron chi connectivity index (χ0n) is 6.38. The maximum atomic E-state index is 7.09. The van der Waals surface area contributed by atoms with Gasteiger partial charge in [-0.25, -0.2) is 0 Å². The first-order valence-corrected chi connectivity index (χ1v) is 6.26. The summed E-state index contributed by atoms with van der Waals surface area (Å²) in [6, 6.07) is 8.10. The van der Waals surface area contributed by atoms with E-state index in [0.29, 0.717) is 4.73 Å².